The predicted molar refractivity (Wildman–Crippen MR) is 98.0 cm³/mol. The van der Waals surface area contributed by atoms with Crippen molar-refractivity contribution in [3.8, 4) is 0 Å². The molecule has 0 unspecified atom stereocenters. The fourth-order valence-electron chi connectivity index (χ4n) is 3.02. The monoisotopic (exact) mass is 321 g/mol. The van der Waals surface area contributed by atoms with Crippen molar-refractivity contribution in [2.45, 2.75) is 34.0 Å². The zero-order chi connectivity index (χ0) is 17.1. The molecule has 3 rings (SSSR count). The highest BCUT2D eigenvalue weighted by atomic mass is 16.1. The van der Waals surface area contributed by atoms with E-state index < -0.39 is 0 Å². The van der Waals surface area contributed by atoms with Crippen molar-refractivity contribution < 1.29 is 0 Å². The van der Waals surface area contributed by atoms with E-state index in [1.807, 2.05) is 31.2 Å². The van der Waals surface area contributed by atoms with E-state index in [2.05, 4.69) is 48.1 Å². The molecule has 0 radical (unpaired) electrons. The van der Waals surface area contributed by atoms with Crippen LogP contribution in [-0.2, 0) is 13.2 Å². The molecule has 0 saturated carbocycles. The largest absolute Gasteiger partial charge is 0.280 e. The Kier molecular flexibility index (Phi) is 4.76. The van der Waals surface area contributed by atoms with Crippen LogP contribution in [-0.4, -0.2) is 21.2 Å². The smallest absolute Gasteiger partial charge is 0.275 e. The molecule has 124 valence electrons. The number of aromatic nitrogens is 2. The summed E-state index contributed by atoms with van der Waals surface area (Å²) in [7, 11) is 0. The number of benzene rings is 2. The molecule has 0 aliphatic carbocycles. The minimum Gasteiger partial charge on any atom is -0.280 e. The van der Waals surface area contributed by atoms with Gasteiger partial charge in [-0.25, -0.2) is 4.68 Å². The number of hydrogen-bond donors (Lipinski definition) is 0. The lowest BCUT2D eigenvalue weighted by atomic mass is 10.1. The van der Waals surface area contributed by atoms with Crippen molar-refractivity contribution in [1.29, 1.82) is 0 Å². The van der Waals surface area contributed by atoms with E-state index >= 15 is 0 Å². The van der Waals surface area contributed by atoms with Crippen molar-refractivity contribution in [2.75, 3.05) is 6.54 Å². The van der Waals surface area contributed by atoms with Crippen LogP contribution in [0, 0.1) is 13.8 Å². The van der Waals surface area contributed by atoms with E-state index in [0.717, 1.165) is 29.6 Å². The molecule has 2 aromatic carbocycles. The molecule has 1 aromatic heterocycles. The van der Waals surface area contributed by atoms with E-state index in [9.17, 15) is 4.79 Å². The number of hydrogen-bond acceptors (Lipinski definition) is 3. The molecule has 1 heterocycles. The lowest BCUT2D eigenvalue weighted by molar-refractivity contribution is 0.204. The van der Waals surface area contributed by atoms with Gasteiger partial charge in [0.1, 0.15) is 0 Å². The number of rotatable bonds is 5. The maximum Gasteiger partial charge on any atom is 0.275 e. The maximum atomic E-state index is 12.7. The summed E-state index contributed by atoms with van der Waals surface area (Å²) in [6, 6.07) is 16.1. The molecule has 24 heavy (non-hydrogen) atoms. The molecule has 0 fully saturated rings. The van der Waals surface area contributed by atoms with Gasteiger partial charge in [-0.1, -0.05) is 55.0 Å². The van der Waals surface area contributed by atoms with Gasteiger partial charge in [-0.3, -0.25) is 9.69 Å². The van der Waals surface area contributed by atoms with Gasteiger partial charge in [0.15, 0.2) is 0 Å². The summed E-state index contributed by atoms with van der Waals surface area (Å²) in [5.74, 6) is 0. The standard InChI is InChI=1S/C20H23N3O/c1-4-22(13-17-9-7-8-15(2)12-17)14-23-20(24)19-11-6-5-10-18(19)16(3)21-23/h5-12H,4,13-14H2,1-3H3. The Hall–Kier alpha value is -2.46. The second kappa shape index (κ2) is 6.97. The molecule has 0 aliphatic rings. The van der Waals surface area contributed by atoms with Crippen LogP contribution in [0.2, 0.25) is 0 Å². The third kappa shape index (κ3) is 3.39. The topological polar surface area (TPSA) is 38.1 Å². The van der Waals surface area contributed by atoms with E-state index in [-0.39, 0.29) is 5.56 Å². The van der Waals surface area contributed by atoms with E-state index in [1.165, 1.54) is 11.1 Å². The van der Waals surface area contributed by atoms with Crippen LogP contribution in [0.1, 0.15) is 23.7 Å². The molecule has 0 spiro atoms. The predicted octanol–water partition coefficient (Wildman–Crippen LogP) is 3.49. The van der Waals surface area contributed by atoms with Crippen molar-refractivity contribution in [1.82, 2.24) is 14.7 Å². The quantitative estimate of drug-likeness (QED) is 0.722. The average Bonchev–Trinajstić information content (AvgIpc) is 2.59. The van der Waals surface area contributed by atoms with Gasteiger partial charge < -0.3 is 0 Å². The van der Waals surface area contributed by atoms with Crippen LogP contribution < -0.4 is 5.56 Å². The first-order chi connectivity index (χ1) is 11.6. The molecule has 0 atom stereocenters. The number of aryl methyl sites for hydroxylation is 2. The lowest BCUT2D eigenvalue weighted by Gasteiger charge is -2.21. The third-order valence-electron chi connectivity index (χ3n) is 4.32. The summed E-state index contributed by atoms with van der Waals surface area (Å²) < 4.78 is 1.58. The van der Waals surface area contributed by atoms with Crippen LogP contribution >= 0.6 is 0 Å². The Morgan fingerprint density at radius 1 is 1.04 bits per heavy atom. The molecular formula is C20H23N3O. The minimum atomic E-state index is -0.0288. The summed E-state index contributed by atoms with van der Waals surface area (Å²) in [6.45, 7) is 8.31. The van der Waals surface area contributed by atoms with E-state index in [1.54, 1.807) is 4.68 Å². The fraction of sp³-hybridized carbons (Fsp3) is 0.300. The first kappa shape index (κ1) is 16.4. The van der Waals surface area contributed by atoms with Crippen molar-refractivity contribution in [3.63, 3.8) is 0 Å². The Morgan fingerprint density at radius 2 is 1.79 bits per heavy atom. The zero-order valence-electron chi connectivity index (χ0n) is 14.5. The number of fused-ring (bicyclic) bond motifs is 1. The zero-order valence-corrected chi connectivity index (χ0v) is 14.5. The highest BCUT2D eigenvalue weighted by molar-refractivity contribution is 5.83. The first-order valence-corrected chi connectivity index (χ1v) is 8.33. The summed E-state index contributed by atoms with van der Waals surface area (Å²) in [5.41, 5.74) is 3.36. The Morgan fingerprint density at radius 3 is 2.50 bits per heavy atom. The first-order valence-electron chi connectivity index (χ1n) is 8.33. The summed E-state index contributed by atoms with van der Waals surface area (Å²) in [6.07, 6.45) is 0. The highest BCUT2D eigenvalue weighted by Crippen LogP contribution is 2.13. The molecule has 0 amide bonds. The Labute approximate surface area is 142 Å². The molecular weight excluding hydrogens is 298 g/mol. The van der Waals surface area contributed by atoms with Crippen LogP contribution in [0.3, 0.4) is 0 Å². The SMILES string of the molecule is CCN(Cc1cccc(C)c1)Cn1nc(C)c2ccccc2c1=O. The van der Waals surface area contributed by atoms with E-state index in [0.29, 0.717) is 6.67 Å². The van der Waals surface area contributed by atoms with Gasteiger partial charge in [0, 0.05) is 11.9 Å². The number of nitrogens with zero attached hydrogens (tertiary/aromatic N) is 3. The van der Waals surface area contributed by atoms with Crippen LogP contribution in [0.15, 0.2) is 53.3 Å². The second-order valence-electron chi connectivity index (χ2n) is 6.21. The summed E-state index contributed by atoms with van der Waals surface area (Å²) >= 11 is 0. The molecule has 0 bridgehead atoms. The lowest BCUT2D eigenvalue weighted by Crippen LogP contribution is -2.34. The van der Waals surface area contributed by atoms with Gasteiger partial charge >= 0.3 is 0 Å². The van der Waals surface area contributed by atoms with Gasteiger partial charge in [0.05, 0.1) is 17.7 Å². The van der Waals surface area contributed by atoms with Crippen LogP contribution in [0.5, 0.6) is 0 Å². The molecule has 0 aliphatic heterocycles. The van der Waals surface area contributed by atoms with Crippen molar-refractivity contribution in [3.05, 3.63) is 75.7 Å². The van der Waals surface area contributed by atoms with Gasteiger partial charge in [-0.15, -0.1) is 0 Å². The van der Waals surface area contributed by atoms with Gasteiger partial charge in [-0.05, 0) is 32.0 Å². The Bertz CT molecular complexity index is 914. The normalized spacial score (nSPS) is 11.3. The fourth-order valence-corrected chi connectivity index (χ4v) is 3.02. The molecule has 3 aromatic rings. The van der Waals surface area contributed by atoms with Gasteiger partial charge in [0.25, 0.3) is 5.56 Å². The molecule has 0 N–H and O–H groups in total. The Balaban J connectivity index is 1.90. The van der Waals surface area contributed by atoms with Crippen LogP contribution in [0.25, 0.3) is 10.8 Å². The third-order valence-corrected chi connectivity index (χ3v) is 4.32. The molecule has 0 saturated heterocycles. The minimum absolute atomic E-state index is 0.0288. The summed E-state index contributed by atoms with van der Waals surface area (Å²) in [4.78, 5) is 14.9. The second-order valence-corrected chi connectivity index (χ2v) is 6.21. The molecule has 4 heteroatoms. The van der Waals surface area contributed by atoms with Gasteiger partial charge in [-0.2, -0.15) is 5.10 Å². The van der Waals surface area contributed by atoms with Crippen LogP contribution in [0.4, 0.5) is 0 Å². The molecule has 4 nitrogen and oxygen atoms in total. The highest BCUT2D eigenvalue weighted by Gasteiger charge is 2.11. The maximum absolute atomic E-state index is 12.7. The average molecular weight is 321 g/mol. The van der Waals surface area contributed by atoms with Gasteiger partial charge in [0.2, 0.25) is 0 Å². The summed E-state index contributed by atoms with van der Waals surface area (Å²) in [5, 5.41) is 6.17. The van der Waals surface area contributed by atoms with E-state index in [4.69, 9.17) is 0 Å². The van der Waals surface area contributed by atoms with Crippen molar-refractivity contribution >= 4 is 10.8 Å². The van der Waals surface area contributed by atoms with Crippen molar-refractivity contribution in [2.24, 2.45) is 0 Å².